The number of halogens is 2. The van der Waals surface area contributed by atoms with Gasteiger partial charge in [-0.1, -0.05) is 6.92 Å². The Hall–Kier alpha value is -3.59. The van der Waals surface area contributed by atoms with Gasteiger partial charge in [0.15, 0.2) is 11.5 Å². The summed E-state index contributed by atoms with van der Waals surface area (Å²) in [6.45, 7) is 2.35. The average Bonchev–Trinajstić information content (AvgIpc) is 2.85. The first kappa shape index (κ1) is 24.5. The lowest BCUT2D eigenvalue weighted by Gasteiger charge is -2.27. The van der Waals surface area contributed by atoms with E-state index in [0.29, 0.717) is 30.9 Å². The predicted octanol–water partition coefficient (Wildman–Crippen LogP) is 5.06. The van der Waals surface area contributed by atoms with Crippen molar-refractivity contribution in [1.29, 1.82) is 0 Å². The molecular weight excluding hydrogens is 454 g/mol. The number of pyridine rings is 2. The summed E-state index contributed by atoms with van der Waals surface area (Å²) in [6.07, 6.45) is 6.56. The van der Waals surface area contributed by atoms with Crippen LogP contribution in [0, 0.1) is 11.6 Å². The monoisotopic (exact) mass is 482 g/mol. The number of nitrogens with two attached hydrogens (primary N) is 1. The molecule has 1 aliphatic rings. The molecule has 184 valence electrons. The highest BCUT2D eigenvalue weighted by Crippen LogP contribution is 2.36. The first-order chi connectivity index (χ1) is 16.9. The van der Waals surface area contributed by atoms with E-state index in [1.807, 2.05) is 13.0 Å². The number of aromatic nitrogens is 2. The van der Waals surface area contributed by atoms with Crippen molar-refractivity contribution < 1.29 is 23.4 Å². The molecule has 4 rings (SSSR count). The van der Waals surface area contributed by atoms with Gasteiger partial charge in [0.05, 0.1) is 30.3 Å². The summed E-state index contributed by atoms with van der Waals surface area (Å²) < 4.78 is 34.9. The van der Waals surface area contributed by atoms with Crippen LogP contribution in [0.4, 0.5) is 20.2 Å². The van der Waals surface area contributed by atoms with Crippen molar-refractivity contribution >= 4 is 17.3 Å². The fraction of sp³-hybridized carbons (Fsp3) is 0.346. The van der Waals surface area contributed by atoms with Gasteiger partial charge in [0.1, 0.15) is 17.3 Å². The Morgan fingerprint density at radius 3 is 2.69 bits per heavy atom. The van der Waals surface area contributed by atoms with Crippen molar-refractivity contribution in [1.82, 2.24) is 9.97 Å². The standard InChI is InChI=1S/C26H28F2N4O3/c1-2-11-35-17-7-8-20(27)19(12-17)24-21(28)13-22(29)25(32-24)26(34)31-23-14-30-10-9-18(23)15-3-5-16(33)6-4-15/h7-10,12-16,33H,2-6,11,29H2,1H3,(H,31,34)/t15-,16+. The van der Waals surface area contributed by atoms with Crippen LogP contribution in [0.2, 0.25) is 0 Å². The van der Waals surface area contributed by atoms with Crippen LogP contribution >= 0.6 is 0 Å². The summed E-state index contributed by atoms with van der Waals surface area (Å²) in [5, 5.41) is 12.6. The highest BCUT2D eigenvalue weighted by atomic mass is 19.1. The van der Waals surface area contributed by atoms with Crippen molar-refractivity contribution in [2.24, 2.45) is 0 Å². The minimum atomic E-state index is -0.853. The van der Waals surface area contributed by atoms with Crippen LogP contribution in [0.15, 0.2) is 42.7 Å². The van der Waals surface area contributed by atoms with E-state index in [1.165, 1.54) is 24.4 Å². The van der Waals surface area contributed by atoms with Gasteiger partial charge in [-0.05, 0) is 67.9 Å². The van der Waals surface area contributed by atoms with Crippen molar-refractivity contribution in [3.63, 3.8) is 0 Å². The van der Waals surface area contributed by atoms with E-state index >= 15 is 0 Å². The van der Waals surface area contributed by atoms with E-state index in [2.05, 4.69) is 15.3 Å². The Morgan fingerprint density at radius 2 is 1.94 bits per heavy atom. The SMILES string of the molecule is CCCOc1ccc(F)c(-c2nc(C(=O)Nc3cnccc3[C@H]3CC[C@@H](O)CC3)c(N)cc2F)c1. The van der Waals surface area contributed by atoms with Crippen molar-refractivity contribution in [3.05, 3.63) is 65.6 Å². The van der Waals surface area contributed by atoms with Crippen LogP contribution in [-0.4, -0.2) is 33.7 Å². The van der Waals surface area contributed by atoms with Crippen LogP contribution in [0.5, 0.6) is 5.75 Å². The largest absolute Gasteiger partial charge is 0.494 e. The molecule has 35 heavy (non-hydrogen) atoms. The topological polar surface area (TPSA) is 110 Å². The summed E-state index contributed by atoms with van der Waals surface area (Å²) in [4.78, 5) is 21.4. The van der Waals surface area contributed by atoms with Gasteiger partial charge in [-0.3, -0.25) is 9.78 Å². The fourth-order valence-corrected chi connectivity index (χ4v) is 4.30. The number of hydrogen-bond acceptors (Lipinski definition) is 6. The van der Waals surface area contributed by atoms with Gasteiger partial charge in [0.25, 0.3) is 5.91 Å². The number of nitrogens with zero attached hydrogens (tertiary/aromatic N) is 2. The number of carbonyl (C=O) groups excluding carboxylic acids is 1. The molecule has 0 unspecified atom stereocenters. The average molecular weight is 483 g/mol. The molecule has 2 heterocycles. The summed E-state index contributed by atoms with van der Waals surface area (Å²) >= 11 is 0. The van der Waals surface area contributed by atoms with Gasteiger partial charge >= 0.3 is 0 Å². The number of hydrogen-bond donors (Lipinski definition) is 3. The lowest BCUT2D eigenvalue weighted by atomic mass is 9.82. The van der Waals surface area contributed by atoms with Crippen LogP contribution in [0.25, 0.3) is 11.3 Å². The minimum Gasteiger partial charge on any atom is -0.494 e. The third-order valence-electron chi connectivity index (χ3n) is 6.13. The van der Waals surface area contributed by atoms with Crippen LogP contribution in [0.3, 0.4) is 0 Å². The molecule has 1 aliphatic carbocycles. The Kier molecular flexibility index (Phi) is 7.55. The summed E-state index contributed by atoms with van der Waals surface area (Å²) in [5.74, 6) is -1.69. The molecule has 0 bridgehead atoms. The second-order valence-electron chi connectivity index (χ2n) is 8.67. The number of rotatable bonds is 7. The Balaban J connectivity index is 1.64. The quantitative estimate of drug-likeness (QED) is 0.434. The van der Waals surface area contributed by atoms with Gasteiger partial charge in [-0.2, -0.15) is 0 Å². The lowest BCUT2D eigenvalue weighted by Crippen LogP contribution is -2.21. The molecule has 1 aromatic carbocycles. The molecule has 0 saturated heterocycles. The second-order valence-corrected chi connectivity index (χ2v) is 8.67. The minimum absolute atomic E-state index is 0.131. The van der Waals surface area contributed by atoms with E-state index in [1.54, 1.807) is 6.20 Å². The van der Waals surface area contributed by atoms with Crippen LogP contribution in [0.1, 0.15) is 61.0 Å². The molecule has 0 spiro atoms. The molecule has 1 saturated carbocycles. The normalized spacial score (nSPS) is 17.7. The number of ether oxygens (including phenoxy) is 1. The molecule has 7 nitrogen and oxygen atoms in total. The molecule has 9 heteroatoms. The van der Waals surface area contributed by atoms with Crippen molar-refractivity contribution in [3.8, 4) is 17.0 Å². The van der Waals surface area contributed by atoms with Crippen LogP contribution < -0.4 is 15.8 Å². The lowest BCUT2D eigenvalue weighted by molar-refractivity contribution is 0.102. The van der Waals surface area contributed by atoms with E-state index in [9.17, 15) is 18.7 Å². The number of aliphatic hydroxyl groups excluding tert-OH is 1. The number of amides is 1. The van der Waals surface area contributed by atoms with Gasteiger partial charge < -0.3 is 20.9 Å². The number of carbonyl (C=O) groups is 1. The zero-order chi connectivity index (χ0) is 24.9. The number of anilines is 2. The van der Waals surface area contributed by atoms with E-state index < -0.39 is 17.5 Å². The predicted molar refractivity (Wildman–Crippen MR) is 129 cm³/mol. The number of nitrogen functional groups attached to an aromatic ring is 1. The van der Waals surface area contributed by atoms with Crippen molar-refractivity contribution in [2.75, 3.05) is 17.7 Å². The Bertz CT molecular complexity index is 1210. The molecule has 0 atom stereocenters. The van der Waals surface area contributed by atoms with Crippen LogP contribution in [-0.2, 0) is 0 Å². The maximum atomic E-state index is 14.8. The fourth-order valence-electron chi connectivity index (χ4n) is 4.30. The Labute approximate surface area is 202 Å². The third kappa shape index (κ3) is 5.57. The highest BCUT2D eigenvalue weighted by Gasteiger charge is 2.25. The van der Waals surface area contributed by atoms with E-state index in [4.69, 9.17) is 10.5 Å². The molecule has 3 aromatic rings. The first-order valence-corrected chi connectivity index (χ1v) is 11.7. The summed E-state index contributed by atoms with van der Waals surface area (Å²) in [6, 6.07) is 6.77. The van der Waals surface area contributed by atoms with Gasteiger partial charge in [-0.25, -0.2) is 13.8 Å². The number of benzene rings is 1. The maximum absolute atomic E-state index is 14.8. The highest BCUT2D eigenvalue weighted by molar-refractivity contribution is 6.07. The smallest absolute Gasteiger partial charge is 0.276 e. The van der Waals surface area contributed by atoms with Crippen molar-refractivity contribution in [2.45, 2.75) is 51.0 Å². The molecule has 4 N–H and O–H groups in total. The second kappa shape index (κ2) is 10.8. The molecule has 0 aliphatic heterocycles. The van der Waals surface area contributed by atoms with Gasteiger partial charge in [0.2, 0.25) is 0 Å². The van der Waals surface area contributed by atoms with Gasteiger partial charge in [0, 0.05) is 17.8 Å². The Morgan fingerprint density at radius 1 is 1.17 bits per heavy atom. The zero-order valence-electron chi connectivity index (χ0n) is 19.4. The summed E-state index contributed by atoms with van der Waals surface area (Å²) in [5.41, 5.74) is 6.45. The third-order valence-corrected chi connectivity index (χ3v) is 6.13. The molecule has 2 aromatic heterocycles. The van der Waals surface area contributed by atoms with E-state index in [0.717, 1.165) is 30.9 Å². The first-order valence-electron chi connectivity index (χ1n) is 11.7. The molecule has 1 fully saturated rings. The zero-order valence-corrected chi connectivity index (χ0v) is 19.4. The summed E-state index contributed by atoms with van der Waals surface area (Å²) in [7, 11) is 0. The maximum Gasteiger partial charge on any atom is 0.276 e. The molecule has 0 radical (unpaired) electrons. The van der Waals surface area contributed by atoms with E-state index in [-0.39, 0.29) is 34.7 Å². The number of nitrogens with one attached hydrogen (secondary N) is 1. The molecule has 1 amide bonds. The number of aliphatic hydroxyl groups is 1. The van der Waals surface area contributed by atoms with Gasteiger partial charge in [-0.15, -0.1) is 0 Å². The molecular formula is C26H28F2N4O3.